The number of rotatable bonds is 6. The van der Waals surface area contributed by atoms with Crippen molar-refractivity contribution in [2.24, 2.45) is 0 Å². The van der Waals surface area contributed by atoms with Crippen molar-refractivity contribution >= 4 is 23.4 Å². The lowest BCUT2D eigenvalue weighted by molar-refractivity contribution is -0.113. The van der Waals surface area contributed by atoms with Crippen LogP contribution in [0.4, 0.5) is 5.69 Å². The Hall–Kier alpha value is -3.18. The van der Waals surface area contributed by atoms with E-state index in [9.17, 15) is 4.79 Å². The van der Waals surface area contributed by atoms with E-state index in [-0.39, 0.29) is 5.91 Å². The highest BCUT2D eigenvalue weighted by Gasteiger charge is 2.13. The van der Waals surface area contributed by atoms with E-state index in [0.29, 0.717) is 5.75 Å². The highest BCUT2D eigenvalue weighted by atomic mass is 32.2. The average molecular weight is 375 g/mol. The molecule has 4 rings (SSSR count). The van der Waals surface area contributed by atoms with Gasteiger partial charge in [-0.1, -0.05) is 18.2 Å². The molecule has 4 aromatic rings. The molecule has 0 saturated heterocycles. The summed E-state index contributed by atoms with van der Waals surface area (Å²) in [5.41, 5.74) is 2.68. The van der Waals surface area contributed by atoms with Crippen LogP contribution in [0.1, 0.15) is 0 Å². The Morgan fingerprint density at radius 1 is 0.815 bits per heavy atom. The van der Waals surface area contributed by atoms with Gasteiger partial charge in [0, 0.05) is 21.7 Å². The van der Waals surface area contributed by atoms with Crippen LogP contribution >= 0.6 is 11.8 Å². The predicted molar refractivity (Wildman–Crippen MR) is 108 cm³/mol. The summed E-state index contributed by atoms with van der Waals surface area (Å²) >= 11 is 1.48. The molecule has 0 fully saturated rings. The van der Waals surface area contributed by atoms with Crippen LogP contribution in [0, 0.1) is 0 Å². The SMILES string of the molecule is O=C(CSc1ccc(-c2ccco2)c(-c2ccco2)c1)Nc1ccccc1. The van der Waals surface area contributed by atoms with Crippen LogP contribution in [-0.2, 0) is 4.79 Å². The van der Waals surface area contributed by atoms with E-state index in [4.69, 9.17) is 8.83 Å². The molecule has 0 unspecified atom stereocenters. The summed E-state index contributed by atoms with van der Waals surface area (Å²) in [5.74, 6) is 1.82. The van der Waals surface area contributed by atoms with Gasteiger partial charge >= 0.3 is 0 Å². The summed E-state index contributed by atoms with van der Waals surface area (Å²) in [4.78, 5) is 13.2. The number of furan rings is 2. The van der Waals surface area contributed by atoms with Gasteiger partial charge in [-0.15, -0.1) is 11.8 Å². The second-order valence-electron chi connectivity index (χ2n) is 5.86. The molecular weight excluding hydrogens is 358 g/mol. The van der Waals surface area contributed by atoms with Crippen molar-refractivity contribution < 1.29 is 13.6 Å². The van der Waals surface area contributed by atoms with Gasteiger partial charge in [0.15, 0.2) is 0 Å². The number of hydrogen-bond donors (Lipinski definition) is 1. The first-order chi connectivity index (χ1) is 13.3. The fourth-order valence-corrected chi connectivity index (χ4v) is 3.50. The molecule has 5 heteroatoms. The Bertz CT molecular complexity index is 1010. The summed E-state index contributed by atoms with van der Waals surface area (Å²) < 4.78 is 11.1. The molecule has 27 heavy (non-hydrogen) atoms. The van der Waals surface area contributed by atoms with Gasteiger partial charge in [-0.05, 0) is 54.6 Å². The molecule has 0 spiro atoms. The van der Waals surface area contributed by atoms with Crippen LogP contribution in [0.2, 0.25) is 0 Å². The van der Waals surface area contributed by atoms with Crippen LogP contribution in [0.5, 0.6) is 0 Å². The van der Waals surface area contributed by atoms with E-state index >= 15 is 0 Å². The predicted octanol–water partition coefficient (Wildman–Crippen LogP) is 5.94. The van der Waals surface area contributed by atoms with Crippen LogP contribution in [0.3, 0.4) is 0 Å². The number of para-hydroxylation sites is 1. The lowest BCUT2D eigenvalue weighted by Crippen LogP contribution is -2.13. The zero-order valence-electron chi connectivity index (χ0n) is 14.4. The number of amides is 1. The third kappa shape index (κ3) is 4.15. The molecule has 1 amide bonds. The average Bonchev–Trinajstić information content (AvgIpc) is 3.41. The van der Waals surface area contributed by atoms with Crippen LogP contribution < -0.4 is 5.32 Å². The van der Waals surface area contributed by atoms with E-state index < -0.39 is 0 Å². The molecule has 2 heterocycles. The lowest BCUT2D eigenvalue weighted by atomic mass is 10.0. The molecule has 0 aliphatic heterocycles. The largest absolute Gasteiger partial charge is 0.464 e. The van der Waals surface area contributed by atoms with Gasteiger partial charge in [0.1, 0.15) is 11.5 Å². The summed E-state index contributed by atoms with van der Waals surface area (Å²) in [7, 11) is 0. The van der Waals surface area contributed by atoms with E-state index in [2.05, 4.69) is 5.32 Å². The Kier molecular flexibility index (Phi) is 5.12. The monoisotopic (exact) mass is 375 g/mol. The number of nitrogens with one attached hydrogen (secondary N) is 1. The maximum absolute atomic E-state index is 12.2. The van der Waals surface area contributed by atoms with Gasteiger partial charge in [0.05, 0.1) is 18.3 Å². The number of carbonyl (C=O) groups is 1. The minimum Gasteiger partial charge on any atom is -0.464 e. The number of hydrogen-bond acceptors (Lipinski definition) is 4. The Morgan fingerprint density at radius 3 is 2.19 bits per heavy atom. The van der Waals surface area contributed by atoms with Crippen LogP contribution in [-0.4, -0.2) is 11.7 Å². The number of thioether (sulfide) groups is 1. The maximum atomic E-state index is 12.2. The third-order valence-electron chi connectivity index (χ3n) is 3.99. The zero-order chi connectivity index (χ0) is 18.5. The fourth-order valence-electron chi connectivity index (χ4n) is 2.76. The molecule has 4 nitrogen and oxygen atoms in total. The molecule has 0 aliphatic rings. The Morgan fingerprint density at radius 2 is 1.52 bits per heavy atom. The van der Waals surface area contributed by atoms with E-state index in [0.717, 1.165) is 33.2 Å². The van der Waals surface area contributed by atoms with E-state index in [1.165, 1.54) is 11.8 Å². The molecule has 0 saturated carbocycles. The maximum Gasteiger partial charge on any atom is 0.234 e. The second kappa shape index (κ2) is 8.01. The molecule has 2 aromatic heterocycles. The molecule has 0 aliphatic carbocycles. The smallest absolute Gasteiger partial charge is 0.234 e. The Labute approximate surface area is 161 Å². The fraction of sp³-hybridized carbons (Fsp3) is 0.0455. The summed E-state index contributed by atoms with van der Waals surface area (Å²) in [6.07, 6.45) is 3.30. The third-order valence-corrected chi connectivity index (χ3v) is 4.99. The highest BCUT2D eigenvalue weighted by Crippen LogP contribution is 2.35. The minimum atomic E-state index is -0.0409. The number of carbonyl (C=O) groups excluding carboxylic acids is 1. The zero-order valence-corrected chi connectivity index (χ0v) is 15.2. The highest BCUT2D eigenvalue weighted by molar-refractivity contribution is 8.00. The van der Waals surface area contributed by atoms with Gasteiger partial charge in [-0.2, -0.15) is 0 Å². The number of benzene rings is 2. The Balaban J connectivity index is 1.52. The van der Waals surface area contributed by atoms with Crippen molar-refractivity contribution in [3.8, 4) is 22.6 Å². The van der Waals surface area contributed by atoms with Crippen molar-refractivity contribution in [2.45, 2.75) is 4.90 Å². The molecule has 0 atom stereocenters. The first-order valence-corrected chi connectivity index (χ1v) is 9.48. The molecule has 1 N–H and O–H groups in total. The standard InChI is InChI=1S/C22H17NO3S/c24-22(23-16-6-2-1-3-7-16)15-27-17-10-11-18(20-8-4-12-25-20)19(14-17)21-9-5-13-26-21/h1-14H,15H2,(H,23,24). The van der Waals surface area contributed by atoms with Crippen LogP contribution in [0.15, 0.2) is 99.1 Å². The number of anilines is 1. The molecule has 2 aromatic carbocycles. The van der Waals surface area contributed by atoms with Crippen molar-refractivity contribution in [3.05, 3.63) is 85.3 Å². The van der Waals surface area contributed by atoms with Gasteiger partial charge in [-0.25, -0.2) is 0 Å². The van der Waals surface area contributed by atoms with E-state index in [1.807, 2.05) is 72.8 Å². The van der Waals surface area contributed by atoms with Gasteiger partial charge in [0.2, 0.25) is 5.91 Å². The van der Waals surface area contributed by atoms with Crippen molar-refractivity contribution in [2.75, 3.05) is 11.1 Å². The quantitative estimate of drug-likeness (QED) is 0.424. The minimum absolute atomic E-state index is 0.0409. The van der Waals surface area contributed by atoms with Crippen molar-refractivity contribution in [1.82, 2.24) is 0 Å². The van der Waals surface area contributed by atoms with Gasteiger partial charge < -0.3 is 14.2 Å². The van der Waals surface area contributed by atoms with Crippen LogP contribution in [0.25, 0.3) is 22.6 Å². The van der Waals surface area contributed by atoms with E-state index in [1.54, 1.807) is 12.5 Å². The first-order valence-electron chi connectivity index (χ1n) is 8.49. The topological polar surface area (TPSA) is 55.4 Å². The molecular formula is C22H17NO3S. The van der Waals surface area contributed by atoms with Crippen molar-refractivity contribution in [1.29, 1.82) is 0 Å². The molecule has 0 radical (unpaired) electrons. The van der Waals surface area contributed by atoms with Gasteiger partial charge in [-0.3, -0.25) is 4.79 Å². The normalized spacial score (nSPS) is 10.7. The summed E-state index contributed by atoms with van der Waals surface area (Å²) in [6.45, 7) is 0. The molecule has 0 bridgehead atoms. The van der Waals surface area contributed by atoms with Gasteiger partial charge in [0.25, 0.3) is 0 Å². The summed E-state index contributed by atoms with van der Waals surface area (Å²) in [5, 5.41) is 2.89. The lowest BCUT2D eigenvalue weighted by Gasteiger charge is -2.09. The molecule has 134 valence electrons. The summed E-state index contributed by atoms with van der Waals surface area (Å²) in [6, 6.07) is 23.0. The van der Waals surface area contributed by atoms with Crippen molar-refractivity contribution in [3.63, 3.8) is 0 Å². The second-order valence-corrected chi connectivity index (χ2v) is 6.91. The first kappa shape index (κ1) is 17.2.